The first kappa shape index (κ1) is 20.1. The molecule has 1 N–H and O–H groups in total. The lowest BCUT2D eigenvalue weighted by Gasteiger charge is -2.33. The third kappa shape index (κ3) is 4.59. The second-order valence-corrected chi connectivity index (χ2v) is 7.47. The molecule has 28 heavy (non-hydrogen) atoms. The second-order valence-electron chi connectivity index (χ2n) is 7.47. The maximum absolute atomic E-state index is 12.8. The highest BCUT2D eigenvalue weighted by Gasteiger charge is 2.29. The number of rotatable bonds is 5. The number of carboxylic acid groups (broad SMARTS) is 1. The largest absolute Gasteiger partial charge is 0.481 e. The standard InChI is InChI=1S/C19H25N3O6/c1-13-4-6-20(7-5-13)16-3-2-14(10-17(16)22(26)27)19(25)21-8-9-28-15(12-21)11-18(23)24/h2-3,10,13,15H,4-9,11-12H2,1H3,(H,23,24). The number of nitrogens with zero attached hydrogens (tertiary/aromatic N) is 3. The zero-order valence-electron chi connectivity index (χ0n) is 15.9. The van der Waals surface area contributed by atoms with E-state index in [9.17, 15) is 19.7 Å². The van der Waals surface area contributed by atoms with E-state index in [1.807, 2.05) is 4.90 Å². The van der Waals surface area contributed by atoms with Crippen LogP contribution in [0.4, 0.5) is 11.4 Å². The molecule has 0 aromatic heterocycles. The highest BCUT2D eigenvalue weighted by molar-refractivity contribution is 5.96. The molecule has 2 aliphatic rings. The van der Waals surface area contributed by atoms with Gasteiger partial charge >= 0.3 is 5.97 Å². The average molecular weight is 391 g/mol. The first-order valence-electron chi connectivity index (χ1n) is 9.51. The summed E-state index contributed by atoms with van der Waals surface area (Å²) >= 11 is 0. The van der Waals surface area contributed by atoms with Crippen molar-refractivity contribution < 1.29 is 24.4 Å². The lowest BCUT2D eigenvalue weighted by atomic mass is 9.98. The summed E-state index contributed by atoms with van der Waals surface area (Å²) in [7, 11) is 0. The van der Waals surface area contributed by atoms with E-state index in [2.05, 4.69) is 6.92 Å². The van der Waals surface area contributed by atoms with Crippen molar-refractivity contribution in [2.24, 2.45) is 5.92 Å². The third-order valence-corrected chi connectivity index (χ3v) is 5.37. The lowest BCUT2D eigenvalue weighted by Crippen LogP contribution is -2.46. The molecule has 2 saturated heterocycles. The molecular formula is C19H25N3O6. The monoisotopic (exact) mass is 391 g/mol. The molecule has 2 heterocycles. The topological polar surface area (TPSA) is 113 Å². The highest BCUT2D eigenvalue weighted by Crippen LogP contribution is 2.32. The van der Waals surface area contributed by atoms with Gasteiger partial charge in [0.2, 0.25) is 0 Å². The van der Waals surface area contributed by atoms with Crippen LogP contribution in [0, 0.1) is 16.0 Å². The smallest absolute Gasteiger partial charge is 0.306 e. The maximum atomic E-state index is 12.8. The fraction of sp³-hybridized carbons (Fsp3) is 0.579. The maximum Gasteiger partial charge on any atom is 0.306 e. The molecule has 152 valence electrons. The van der Waals surface area contributed by atoms with Crippen LogP contribution in [0.1, 0.15) is 36.5 Å². The minimum atomic E-state index is -0.991. The molecule has 1 amide bonds. The van der Waals surface area contributed by atoms with Crippen molar-refractivity contribution >= 4 is 23.3 Å². The van der Waals surface area contributed by atoms with Crippen molar-refractivity contribution in [3.8, 4) is 0 Å². The van der Waals surface area contributed by atoms with Gasteiger partial charge in [-0.15, -0.1) is 0 Å². The number of carboxylic acids is 1. The zero-order valence-corrected chi connectivity index (χ0v) is 15.9. The number of amides is 1. The van der Waals surface area contributed by atoms with Crippen molar-refractivity contribution in [1.29, 1.82) is 0 Å². The van der Waals surface area contributed by atoms with E-state index >= 15 is 0 Å². The zero-order chi connectivity index (χ0) is 20.3. The van der Waals surface area contributed by atoms with Gasteiger partial charge in [-0.25, -0.2) is 0 Å². The van der Waals surface area contributed by atoms with Gasteiger partial charge in [-0.3, -0.25) is 19.7 Å². The fourth-order valence-electron chi connectivity index (χ4n) is 3.72. The Bertz CT molecular complexity index is 760. The molecule has 0 radical (unpaired) electrons. The van der Waals surface area contributed by atoms with Crippen molar-refractivity contribution in [3.05, 3.63) is 33.9 Å². The number of hydrogen-bond acceptors (Lipinski definition) is 6. The predicted octanol–water partition coefficient (Wildman–Crippen LogP) is 2.15. The molecule has 9 nitrogen and oxygen atoms in total. The number of morpholine rings is 1. The quantitative estimate of drug-likeness (QED) is 0.604. The van der Waals surface area contributed by atoms with Crippen LogP contribution in [-0.4, -0.2) is 65.7 Å². The van der Waals surface area contributed by atoms with Crippen LogP contribution in [0.15, 0.2) is 18.2 Å². The van der Waals surface area contributed by atoms with Gasteiger partial charge in [-0.2, -0.15) is 0 Å². The minimum Gasteiger partial charge on any atom is -0.481 e. The molecule has 1 aromatic rings. The Balaban J connectivity index is 1.78. The molecule has 1 unspecified atom stereocenters. The summed E-state index contributed by atoms with van der Waals surface area (Å²) in [5, 5.41) is 20.5. The van der Waals surface area contributed by atoms with Crippen LogP contribution in [-0.2, 0) is 9.53 Å². The predicted molar refractivity (Wildman–Crippen MR) is 102 cm³/mol. The summed E-state index contributed by atoms with van der Waals surface area (Å²) in [5.41, 5.74) is 0.701. The number of ether oxygens (including phenoxy) is 1. The van der Waals surface area contributed by atoms with Crippen LogP contribution in [0.3, 0.4) is 0 Å². The number of hydrogen-bond donors (Lipinski definition) is 1. The number of carbonyl (C=O) groups is 2. The summed E-state index contributed by atoms with van der Waals surface area (Å²) in [6, 6.07) is 4.60. The van der Waals surface area contributed by atoms with Crippen LogP contribution >= 0.6 is 0 Å². The Morgan fingerprint density at radius 2 is 2.00 bits per heavy atom. The Hall–Kier alpha value is -2.68. The van der Waals surface area contributed by atoms with E-state index < -0.39 is 17.0 Å². The molecule has 0 aliphatic carbocycles. The molecule has 0 saturated carbocycles. The third-order valence-electron chi connectivity index (χ3n) is 5.37. The Labute approximate surface area is 163 Å². The SMILES string of the molecule is CC1CCN(c2ccc(C(=O)N3CCOC(CC(=O)O)C3)cc2[N+](=O)[O-])CC1. The molecule has 2 fully saturated rings. The Kier molecular flexibility index (Phi) is 6.13. The second kappa shape index (κ2) is 8.55. The van der Waals surface area contributed by atoms with E-state index in [1.54, 1.807) is 12.1 Å². The van der Waals surface area contributed by atoms with E-state index in [4.69, 9.17) is 9.84 Å². The van der Waals surface area contributed by atoms with Crippen LogP contribution in [0.25, 0.3) is 0 Å². The van der Waals surface area contributed by atoms with Gasteiger partial charge in [-0.05, 0) is 30.9 Å². The summed E-state index contributed by atoms with van der Waals surface area (Å²) in [6.07, 6.45) is 1.21. The van der Waals surface area contributed by atoms with Gasteiger partial charge in [0.1, 0.15) is 5.69 Å². The number of carbonyl (C=O) groups excluding carboxylic acids is 1. The van der Waals surface area contributed by atoms with Crippen LogP contribution in [0.5, 0.6) is 0 Å². The van der Waals surface area contributed by atoms with E-state index in [0.29, 0.717) is 18.2 Å². The van der Waals surface area contributed by atoms with Gasteiger partial charge in [0.25, 0.3) is 11.6 Å². The van der Waals surface area contributed by atoms with E-state index in [-0.39, 0.29) is 36.7 Å². The molecule has 9 heteroatoms. The Morgan fingerprint density at radius 1 is 1.29 bits per heavy atom. The summed E-state index contributed by atoms with van der Waals surface area (Å²) in [5.74, 6) is -0.730. The number of anilines is 1. The van der Waals surface area contributed by atoms with E-state index in [0.717, 1.165) is 25.9 Å². The Morgan fingerprint density at radius 3 is 2.64 bits per heavy atom. The fourth-order valence-corrected chi connectivity index (χ4v) is 3.72. The van der Waals surface area contributed by atoms with Gasteiger partial charge in [0.05, 0.1) is 24.1 Å². The average Bonchev–Trinajstić information content (AvgIpc) is 2.67. The van der Waals surface area contributed by atoms with Crippen molar-refractivity contribution in [3.63, 3.8) is 0 Å². The number of benzene rings is 1. The van der Waals surface area contributed by atoms with Crippen molar-refractivity contribution in [2.75, 3.05) is 37.7 Å². The molecule has 0 spiro atoms. The minimum absolute atomic E-state index is 0.0734. The normalized spacial score (nSPS) is 20.8. The summed E-state index contributed by atoms with van der Waals surface area (Å²) < 4.78 is 5.38. The first-order chi connectivity index (χ1) is 13.3. The molecular weight excluding hydrogens is 366 g/mol. The summed E-state index contributed by atoms with van der Waals surface area (Å²) in [4.78, 5) is 38.4. The number of piperidine rings is 1. The van der Waals surface area contributed by atoms with Crippen molar-refractivity contribution in [2.45, 2.75) is 32.3 Å². The summed E-state index contributed by atoms with van der Waals surface area (Å²) in [6.45, 7) is 4.42. The molecule has 1 aromatic carbocycles. The first-order valence-corrected chi connectivity index (χ1v) is 9.51. The lowest BCUT2D eigenvalue weighted by molar-refractivity contribution is -0.384. The van der Waals surface area contributed by atoms with Gasteiger partial charge in [0.15, 0.2) is 0 Å². The molecule has 3 rings (SSSR count). The molecule has 1 atom stereocenters. The van der Waals surface area contributed by atoms with Gasteiger partial charge in [-0.1, -0.05) is 6.92 Å². The molecule has 2 aliphatic heterocycles. The number of aliphatic carboxylic acids is 1. The van der Waals surface area contributed by atoms with Gasteiger partial charge in [0, 0.05) is 37.8 Å². The number of nitro benzene ring substituents is 1. The van der Waals surface area contributed by atoms with Crippen LogP contribution in [0.2, 0.25) is 0 Å². The van der Waals surface area contributed by atoms with E-state index in [1.165, 1.54) is 11.0 Å². The van der Waals surface area contributed by atoms with Gasteiger partial charge < -0.3 is 19.6 Å². The highest BCUT2D eigenvalue weighted by atomic mass is 16.6. The number of nitro groups is 1. The van der Waals surface area contributed by atoms with Crippen molar-refractivity contribution in [1.82, 2.24) is 4.90 Å². The molecule has 0 bridgehead atoms. The van der Waals surface area contributed by atoms with Crippen LogP contribution < -0.4 is 4.90 Å².